The van der Waals surface area contributed by atoms with Crippen LogP contribution in [-0.2, 0) is 0 Å². The van der Waals surface area contributed by atoms with Crippen molar-refractivity contribution in [3.63, 3.8) is 0 Å². The van der Waals surface area contributed by atoms with E-state index in [1.54, 1.807) is 43.3 Å². The molecule has 0 aliphatic heterocycles. The van der Waals surface area contributed by atoms with Crippen LogP contribution in [0.15, 0.2) is 48.5 Å². The molecule has 22 heavy (non-hydrogen) atoms. The maximum absolute atomic E-state index is 13.5. The highest BCUT2D eigenvalue weighted by molar-refractivity contribution is 6.34. The Hall–Kier alpha value is -2.46. The second-order valence-corrected chi connectivity index (χ2v) is 5.31. The molecule has 0 unspecified atom stereocenters. The van der Waals surface area contributed by atoms with Crippen molar-refractivity contribution in [1.29, 1.82) is 0 Å². The van der Waals surface area contributed by atoms with Gasteiger partial charge in [0.2, 0.25) is 0 Å². The third-order valence-electron chi connectivity index (χ3n) is 3.27. The summed E-state index contributed by atoms with van der Waals surface area (Å²) in [5.74, 6) is -0.765. The fourth-order valence-corrected chi connectivity index (χ4v) is 2.45. The van der Waals surface area contributed by atoms with Crippen LogP contribution in [-0.4, -0.2) is 10.9 Å². The summed E-state index contributed by atoms with van der Waals surface area (Å²) < 4.78 is 13.5. The van der Waals surface area contributed by atoms with E-state index in [9.17, 15) is 9.18 Å². The molecule has 0 aliphatic carbocycles. The summed E-state index contributed by atoms with van der Waals surface area (Å²) in [7, 11) is 0. The van der Waals surface area contributed by atoms with Gasteiger partial charge in [-0.05, 0) is 43.3 Å². The van der Waals surface area contributed by atoms with Crippen molar-refractivity contribution in [2.45, 2.75) is 6.92 Å². The molecule has 110 valence electrons. The van der Waals surface area contributed by atoms with E-state index in [1.165, 1.54) is 12.1 Å². The zero-order valence-electron chi connectivity index (χ0n) is 11.7. The van der Waals surface area contributed by atoms with Crippen LogP contribution in [0.2, 0.25) is 5.02 Å². The van der Waals surface area contributed by atoms with Crippen LogP contribution in [0.1, 0.15) is 16.1 Å². The fraction of sp³-hybridized carbons (Fsp3) is 0.0588. The van der Waals surface area contributed by atoms with Crippen molar-refractivity contribution in [3.05, 3.63) is 70.6 Å². The van der Waals surface area contributed by atoms with Crippen LogP contribution in [0.3, 0.4) is 0 Å². The number of pyridine rings is 1. The van der Waals surface area contributed by atoms with E-state index in [1.807, 2.05) is 0 Å². The molecule has 0 saturated carbocycles. The number of amides is 1. The Balaban J connectivity index is 2.07. The van der Waals surface area contributed by atoms with Crippen molar-refractivity contribution in [2.75, 3.05) is 5.32 Å². The fourth-order valence-electron chi connectivity index (χ4n) is 2.27. The molecular formula is C17H12ClFN2O. The number of fused-ring (bicyclic) bond motifs is 1. The lowest BCUT2D eigenvalue weighted by Crippen LogP contribution is -2.13. The monoisotopic (exact) mass is 314 g/mol. The molecule has 0 radical (unpaired) electrons. The number of rotatable bonds is 2. The number of halogens is 2. The summed E-state index contributed by atoms with van der Waals surface area (Å²) in [5.41, 5.74) is 2.13. The minimum absolute atomic E-state index is 0.353. The minimum atomic E-state index is -0.412. The van der Waals surface area contributed by atoms with Gasteiger partial charge < -0.3 is 5.32 Å². The summed E-state index contributed by atoms with van der Waals surface area (Å²) in [4.78, 5) is 16.8. The molecule has 5 heteroatoms. The smallest absolute Gasteiger partial charge is 0.256 e. The second kappa shape index (κ2) is 5.73. The van der Waals surface area contributed by atoms with Crippen molar-refractivity contribution < 1.29 is 9.18 Å². The molecule has 3 nitrogen and oxygen atoms in total. The molecule has 0 spiro atoms. The van der Waals surface area contributed by atoms with Crippen molar-refractivity contribution in [2.24, 2.45) is 0 Å². The molecule has 0 aliphatic rings. The number of aryl methyl sites for hydroxylation is 1. The lowest BCUT2D eigenvalue weighted by molar-refractivity contribution is 0.102. The van der Waals surface area contributed by atoms with Gasteiger partial charge in [0.1, 0.15) is 5.82 Å². The van der Waals surface area contributed by atoms with Crippen LogP contribution < -0.4 is 5.32 Å². The Morgan fingerprint density at radius 3 is 2.73 bits per heavy atom. The van der Waals surface area contributed by atoms with Crippen molar-refractivity contribution in [3.8, 4) is 0 Å². The zero-order valence-corrected chi connectivity index (χ0v) is 12.5. The van der Waals surface area contributed by atoms with Gasteiger partial charge in [-0.15, -0.1) is 0 Å². The maximum atomic E-state index is 13.5. The SMILES string of the molecule is Cc1cc(C(=O)Nc2ccccc2Cl)c2cc(F)ccc2n1. The molecule has 1 amide bonds. The standard InChI is InChI=1S/C17H12ClFN2O/c1-10-8-13(12-9-11(19)6-7-15(12)20-10)17(22)21-16-5-3-2-4-14(16)18/h2-9H,1H3,(H,21,22). The van der Waals surface area contributed by atoms with Gasteiger partial charge in [0.05, 0.1) is 21.8 Å². The Labute approximate surface area is 131 Å². The largest absolute Gasteiger partial charge is 0.321 e. The van der Waals surface area contributed by atoms with Crippen LogP contribution >= 0.6 is 11.6 Å². The van der Waals surface area contributed by atoms with Crippen LogP contribution in [0.5, 0.6) is 0 Å². The quantitative estimate of drug-likeness (QED) is 0.751. The van der Waals surface area contributed by atoms with E-state index in [4.69, 9.17) is 11.6 Å². The molecule has 1 heterocycles. The lowest BCUT2D eigenvalue weighted by Gasteiger charge is -2.10. The van der Waals surface area contributed by atoms with Gasteiger partial charge in [0.25, 0.3) is 5.91 Å². The van der Waals surface area contributed by atoms with Gasteiger partial charge in [-0.1, -0.05) is 23.7 Å². The molecule has 0 bridgehead atoms. The van der Waals surface area contributed by atoms with E-state index in [0.29, 0.717) is 32.9 Å². The van der Waals surface area contributed by atoms with Crippen LogP contribution in [0.4, 0.5) is 10.1 Å². The number of benzene rings is 2. The molecule has 1 N–H and O–H groups in total. The van der Waals surface area contributed by atoms with Gasteiger partial charge in [0, 0.05) is 11.1 Å². The number of hydrogen-bond donors (Lipinski definition) is 1. The summed E-state index contributed by atoms with van der Waals surface area (Å²) in [6, 6.07) is 12.8. The molecular weight excluding hydrogens is 303 g/mol. The third kappa shape index (κ3) is 2.78. The van der Waals surface area contributed by atoms with E-state index >= 15 is 0 Å². The average Bonchev–Trinajstić information content (AvgIpc) is 2.49. The molecule has 0 fully saturated rings. The highest BCUT2D eigenvalue weighted by atomic mass is 35.5. The van der Waals surface area contributed by atoms with Gasteiger partial charge in [-0.2, -0.15) is 0 Å². The van der Waals surface area contributed by atoms with Gasteiger partial charge >= 0.3 is 0 Å². The molecule has 0 saturated heterocycles. The predicted molar refractivity (Wildman–Crippen MR) is 85.8 cm³/mol. The topological polar surface area (TPSA) is 42.0 Å². The zero-order chi connectivity index (χ0) is 15.7. The summed E-state index contributed by atoms with van der Waals surface area (Å²) in [5, 5.41) is 3.65. The number of aromatic nitrogens is 1. The number of carbonyl (C=O) groups excluding carboxylic acids is 1. The lowest BCUT2D eigenvalue weighted by atomic mass is 10.1. The van der Waals surface area contributed by atoms with Crippen molar-refractivity contribution in [1.82, 2.24) is 4.98 Å². The number of nitrogens with one attached hydrogen (secondary N) is 1. The Bertz CT molecular complexity index is 880. The number of hydrogen-bond acceptors (Lipinski definition) is 2. The Morgan fingerprint density at radius 2 is 1.95 bits per heavy atom. The second-order valence-electron chi connectivity index (χ2n) is 4.91. The normalized spacial score (nSPS) is 10.7. The first-order valence-corrected chi connectivity index (χ1v) is 7.05. The molecule has 1 aromatic heterocycles. The average molecular weight is 315 g/mol. The number of carbonyl (C=O) groups is 1. The highest BCUT2D eigenvalue weighted by Crippen LogP contribution is 2.24. The Morgan fingerprint density at radius 1 is 1.18 bits per heavy atom. The minimum Gasteiger partial charge on any atom is -0.321 e. The molecule has 2 aromatic carbocycles. The molecule has 3 rings (SSSR count). The first-order chi connectivity index (χ1) is 10.5. The molecule has 0 atom stereocenters. The van der Waals surface area contributed by atoms with Crippen LogP contribution in [0, 0.1) is 12.7 Å². The highest BCUT2D eigenvalue weighted by Gasteiger charge is 2.14. The van der Waals surface area contributed by atoms with E-state index in [-0.39, 0.29) is 5.91 Å². The van der Waals surface area contributed by atoms with Gasteiger partial charge in [0.15, 0.2) is 0 Å². The maximum Gasteiger partial charge on any atom is 0.256 e. The predicted octanol–water partition coefficient (Wildman–Crippen LogP) is 4.59. The third-order valence-corrected chi connectivity index (χ3v) is 3.60. The summed E-state index contributed by atoms with van der Waals surface area (Å²) >= 11 is 6.04. The van der Waals surface area contributed by atoms with Gasteiger partial charge in [-0.25, -0.2) is 4.39 Å². The Kier molecular flexibility index (Phi) is 3.77. The van der Waals surface area contributed by atoms with E-state index < -0.39 is 5.82 Å². The van der Waals surface area contributed by atoms with E-state index in [0.717, 1.165) is 0 Å². The van der Waals surface area contributed by atoms with Crippen molar-refractivity contribution >= 4 is 34.1 Å². The van der Waals surface area contributed by atoms with E-state index in [2.05, 4.69) is 10.3 Å². The number of nitrogens with zero attached hydrogens (tertiary/aromatic N) is 1. The van der Waals surface area contributed by atoms with Gasteiger partial charge in [-0.3, -0.25) is 9.78 Å². The number of anilines is 1. The first kappa shape index (κ1) is 14.5. The number of para-hydroxylation sites is 1. The molecule has 3 aromatic rings. The first-order valence-electron chi connectivity index (χ1n) is 6.67. The van der Waals surface area contributed by atoms with Crippen LogP contribution in [0.25, 0.3) is 10.9 Å². The summed E-state index contributed by atoms with van der Waals surface area (Å²) in [6.07, 6.45) is 0. The summed E-state index contributed by atoms with van der Waals surface area (Å²) in [6.45, 7) is 1.79.